The number of hydrazone groups is 1. The van der Waals surface area contributed by atoms with Gasteiger partial charge in [0.2, 0.25) is 0 Å². The molecule has 0 spiro atoms. The van der Waals surface area contributed by atoms with E-state index in [4.69, 9.17) is 0 Å². The summed E-state index contributed by atoms with van der Waals surface area (Å²) in [7, 11) is 0. The molecule has 0 saturated heterocycles. The molecule has 2 rings (SSSR count). The van der Waals surface area contributed by atoms with Crippen molar-refractivity contribution in [2.45, 2.75) is 0 Å². The normalized spacial score (nSPS) is 10.2. The van der Waals surface area contributed by atoms with Gasteiger partial charge in [-0.3, -0.25) is 0 Å². The van der Waals surface area contributed by atoms with Gasteiger partial charge in [-0.05, 0) is 17.7 Å². The van der Waals surface area contributed by atoms with Crippen LogP contribution in [0, 0.1) is 0 Å². The van der Waals surface area contributed by atoms with Crippen molar-refractivity contribution >= 4 is 17.9 Å². The molecule has 2 amide bonds. The largest absolute Gasteiger partial charge is 0.339 e. The van der Waals surface area contributed by atoms with Crippen LogP contribution in [-0.2, 0) is 0 Å². The van der Waals surface area contributed by atoms with E-state index >= 15 is 0 Å². The Morgan fingerprint density at radius 1 is 0.944 bits per heavy atom. The van der Waals surface area contributed by atoms with E-state index in [9.17, 15) is 4.79 Å². The SMILES string of the molecule is O=C(N/N=C/c1ccccc1)Nc1ccccc1. The zero-order valence-corrected chi connectivity index (χ0v) is 9.71. The van der Waals surface area contributed by atoms with Gasteiger partial charge < -0.3 is 5.32 Å². The van der Waals surface area contributed by atoms with Crippen molar-refractivity contribution < 1.29 is 4.79 Å². The van der Waals surface area contributed by atoms with Crippen LogP contribution in [0.1, 0.15) is 5.56 Å². The quantitative estimate of drug-likeness (QED) is 0.628. The third kappa shape index (κ3) is 3.75. The van der Waals surface area contributed by atoms with Gasteiger partial charge in [0.25, 0.3) is 0 Å². The van der Waals surface area contributed by atoms with Crippen LogP contribution >= 0.6 is 0 Å². The molecule has 0 unspecified atom stereocenters. The molecule has 0 aliphatic rings. The average molecular weight is 239 g/mol. The number of rotatable bonds is 3. The van der Waals surface area contributed by atoms with Crippen molar-refractivity contribution in [1.82, 2.24) is 5.43 Å². The highest BCUT2D eigenvalue weighted by molar-refractivity contribution is 5.90. The average Bonchev–Trinajstić information content (AvgIpc) is 2.41. The van der Waals surface area contributed by atoms with Crippen LogP contribution in [0.3, 0.4) is 0 Å². The topological polar surface area (TPSA) is 53.5 Å². The van der Waals surface area contributed by atoms with E-state index in [1.807, 2.05) is 48.5 Å². The van der Waals surface area contributed by atoms with Gasteiger partial charge in [-0.25, -0.2) is 10.2 Å². The van der Waals surface area contributed by atoms with Crippen molar-refractivity contribution in [3.63, 3.8) is 0 Å². The number of nitrogens with one attached hydrogen (secondary N) is 2. The first-order chi connectivity index (χ1) is 8.84. The van der Waals surface area contributed by atoms with Gasteiger partial charge >= 0.3 is 6.03 Å². The first kappa shape index (κ1) is 11.9. The molecule has 2 aromatic rings. The molecule has 0 fully saturated rings. The van der Waals surface area contributed by atoms with Crippen molar-refractivity contribution in [2.75, 3.05) is 5.32 Å². The summed E-state index contributed by atoms with van der Waals surface area (Å²) in [6.45, 7) is 0. The van der Waals surface area contributed by atoms with Crippen molar-refractivity contribution in [1.29, 1.82) is 0 Å². The lowest BCUT2D eigenvalue weighted by Gasteiger charge is -2.02. The first-order valence-electron chi connectivity index (χ1n) is 5.55. The number of carbonyl (C=O) groups excluding carboxylic acids is 1. The Hall–Kier alpha value is -2.62. The summed E-state index contributed by atoms with van der Waals surface area (Å²) in [6.07, 6.45) is 1.59. The van der Waals surface area contributed by atoms with Crippen LogP contribution in [0.4, 0.5) is 10.5 Å². The highest BCUT2D eigenvalue weighted by Gasteiger charge is 1.97. The molecule has 0 saturated carbocycles. The van der Waals surface area contributed by atoms with Crippen molar-refractivity contribution in [2.24, 2.45) is 5.10 Å². The van der Waals surface area contributed by atoms with Gasteiger partial charge in [0, 0.05) is 5.69 Å². The fourth-order valence-corrected chi connectivity index (χ4v) is 1.39. The Kier molecular flexibility index (Phi) is 4.08. The molecule has 2 N–H and O–H groups in total. The molecule has 18 heavy (non-hydrogen) atoms. The van der Waals surface area contributed by atoms with E-state index in [0.717, 1.165) is 11.3 Å². The van der Waals surface area contributed by atoms with Crippen molar-refractivity contribution in [3.05, 3.63) is 66.2 Å². The fraction of sp³-hybridized carbons (Fsp3) is 0. The maximum atomic E-state index is 11.5. The lowest BCUT2D eigenvalue weighted by Crippen LogP contribution is -2.24. The van der Waals surface area contributed by atoms with E-state index in [-0.39, 0.29) is 6.03 Å². The van der Waals surface area contributed by atoms with E-state index < -0.39 is 0 Å². The fourth-order valence-electron chi connectivity index (χ4n) is 1.39. The Morgan fingerprint density at radius 3 is 2.22 bits per heavy atom. The number of para-hydroxylation sites is 1. The summed E-state index contributed by atoms with van der Waals surface area (Å²) in [5.74, 6) is 0. The summed E-state index contributed by atoms with van der Waals surface area (Å²) >= 11 is 0. The Bertz CT molecular complexity index is 523. The van der Waals surface area contributed by atoms with Gasteiger partial charge in [0.05, 0.1) is 6.21 Å². The Labute approximate surface area is 105 Å². The molecule has 0 radical (unpaired) electrons. The van der Waals surface area contributed by atoms with E-state index in [0.29, 0.717) is 0 Å². The molecular weight excluding hydrogens is 226 g/mol. The van der Waals surface area contributed by atoms with Gasteiger partial charge in [-0.1, -0.05) is 48.5 Å². The minimum atomic E-state index is -0.367. The van der Waals surface area contributed by atoms with Gasteiger partial charge in [-0.2, -0.15) is 5.10 Å². The molecule has 0 aliphatic carbocycles. The predicted molar refractivity (Wildman–Crippen MR) is 72.6 cm³/mol. The van der Waals surface area contributed by atoms with E-state index in [1.165, 1.54) is 0 Å². The predicted octanol–water partition coefficient (Wildman–Crippen LogP) is 2.84. The second kappa shape index (κ2) is 6.20. The summed E-state index contributed by atoms with van der Waals surface area (Å²) in [5, 5.41) is 6.52. The molecule has 2 aromatic carbocycles. The van der Waals surface area contributed by atoms with Crippen molar-refractivity contribution in [3.8, 4) is 0 Å². The zero-order chi connectivity index (χ0) is 12.6. The Morgan fingerprint density at radius 2 is 1.56 bits per heavy atom. The summed E-state index contributed by atoms with van der Waals surface area (Å²) < 4.78 is 0. The molecular formula is C14H13N3O. The second-order valence-corrected chi connectivity index (χ2v) is 3.60. The van der Waals surface area contributed by atoms with Gasteiger partial charge in [-0.15, -0.1) is 0 Å². The summed E-state index contributed by atoms with van der Waals surface area (Å²) in [5.41, 5.74) is 4.05. The second-order valence-electron chi connectivity index (χ2n) is 3.60. The first-order valence-corrected chi connectivity index (χ1v) is 5.55. The molecule has 0 aliphatic heterocycles. The number of nitrogens with zero attached hydrogens (tertiary/aromatic N) is 1. The highest BCUT2D eigenvalue weighted by Crippen LogP contribution is 2.03. The molecule has 0 bridgehead atoms. The van der Waals surface area contributed by atoms with Crippen LogP contribution in [0.15, 0.2) is 65.8 Å². The summed E-state index contributed by atoms with van der Waals surface area (Å²) in [6, 6.07) is 18.4. The number of hydrogen-bond donors (Lipinski definition) is 2. The molecule has 4 nitrogen and oxygen atoms in total. The van der Waals surface area contributed by atoms with E-state index in [2.05, 4.69) is 15.8 Å². The highest BCUT2D eigenvalue weighted by atomic mass is 16.2. The molecule has 0 aromatic heterocycles. The summed E-state index contributed by atoms with van der Waals surface area (Å²) in [4.78, 5) is 11.5. The Balaban J connectivity index is 1.84. The minimum absolute atomic E-state index is 0.367. The maximum Gasteiger partial charge on any atom is 0.339 e. The number of carbonyl (C=O) groups is 1. The van der Waals surface area contributed by atoms with Crippen LogP contribution in [0.2, 0.25) is 0 Å². The zero-order valence-electron chi connectivity index (χ0n) is 9.71. The standard InChI is InChI=1S/C14H13N3O/c18-14(16-13-9-5-2-6-10-13)17-15-11-12-7-3-1-4-8-12/h1-11H,(H2,16,17,18)/b15-11+. The third-order valence-electron chi connectivity index (χ3n) is 2.21. The van der Waals surface area contributed by atoms with E-state index in [1.54, 1.807) is 18.3 Å². The monoisotopic (exact) mass is 239 g/mol. The van der Waals surface area contributed by atoms with Gasteiger partial charge in [0.1, 0.15) is 0 Å². The molecule has 0 atom stereocenters. The molecule has 0 heterocycles. The van der Waals surface area contributed by atoms with Crippen LogP contribution < -0.4 is 10.7 Å². The molecule has 90 valence electrons. The minimum Gasteiger partial charge on any atom is -0.307 e. The number of urea groups is 1. The van der Waals surface area contributed by atoms with Crippen LogP contribution in [-0.4, -0.2) is 12.2 Å². The number of benzene rings is 2. The van der Waals surface area contributed by atoms with Crippen LogP contribution in [0.25, 0.3) is 0 Å². The number of amides is 2. The van der Waals surface area contributed by atoms with Gasteiger partial charge in [0.15, 0.2) is 0 Å². The third-order valence-corrected chi connectivity index (χ3v) is 2.21. The number of anilines is 1. The lowest BCUT2D eigenvalue weighted by atomic mass is 10.2. The molecule has 4 heteroatoms. The van der Waals surface area contributed by atoms with Crippen LogP contribution in [0.5, 0.6) is 0 Å². The number of hydrogen-bond acceptors (Lipinski definition) is 2. The maximum absolute atomic E-state index is 11.5. The smallest absolute Gasteiger partial charge is 0.307 e. The lowest BCUT2D eigenvalue weighted by molar-refractivity contribution is 0.252.